The van der Waals surface area contributed by atoms with Gasteiger partial charge in [-0.1, -0.05) is 29.8 Å². The normalized spacial score (nSPS) is 21.5. The highest BCUT2D eigenvalue weighted by Crippen LogP contribution is 2.54. The van der Waals surface area contributed by atoms with Crippen molar-refractivity contribution in [3.8, 4) is 0 Å². The highest BCUT2D eigenvalue weighted by Gasteiger charge is 2.44. The van der Waals surface area contributed by atoms with Crippen molar-refractivity contribution < 1.29 is 9.53 Å². The predicted octanol–water partition coefficient (Wildman–Crippen LogP) is 3.78. The van der Waals surface area contributed by atoms with Crippen molar-refractivity contribution in [2.75, 3.05) is 6.61 Å². The summed E-state index contributed by atoms with van der Waals surface area (Å²) in [6.45, 7) is 5.05. The molecule has 2 aliphatic rings. The molecule has 1 heterocycles. The van der Waals surface area contributed by atoms with E-state index in [0.717, 1.165) is 6.54 Å². The van der Waals surface area contributed by atoms with Crippen molar-refractivity contribution in [3.05, 3.63) is 52.3 Å². The van der Waals surface area contributed by atoms with Crippen LogP contribution < -0.4 is 0 Å². The van der Waals surface area contributed by atoms with Crippen LogP contribution in [0.3, 0.4) is 0 Å². The molecule has 1 aromatic heterocycles. The summed E-state index contributed by atoms with van der Waals surface area (Å²) in [7, 11) is 0. The topological polar surface area (TPSA) is 44.1 Å². The van der Waals surface area contributed by atoms with Gasteiger partial charge in [-0.25, -0.2) is 4.79 Å². The largest absolute Gasteiger partial charge is 0.461 e. The smallest absolute Gasteiger partial charge is 0.359 e. The highest BCUT2D eigenvalue weighted by molar-refractivity contribution is 5.90. The second-order valence-corrected chi connectivity index (χ2v) is 6.72. The van der Waals surface area contributed by atoms with Crippen LogP contribution in [0, 0.1) is 6.92 Å². The maximum absolute atomic E-state index is 12.3. The van der Waals surface area contributed by atoms with Gasteiger partial charge >= 0.3 is 5.97 Å². The molecule has 0 spiro atoms. The molecule has 1 fully saturated rings. The minimum absolute atomic E-state index is 0.265. The summed E-state index contributed by atoms with van der Waals surface area (Å²) in [6, 6.07) is 8.52. The monoisotopic (exact) mass is 310 g/mol. The number of hydrogen-bond acceptors (Lipinski definition) is 3. The summed E-state index contributed by atoms with van der Waals surface area (Å²) in [6.07, 6.45) is 3.58. The van der Waals surface area contributed by atoms with Crippen LogP contribution in [-0.2, 0) is 11.3 Å². The second kappa shape index (κ2) is 5.52. The lowest BCUT2D eigenvalue weighted by Crippen LogP contribution is -2.10. The van der Waals surface area contributed by atoms with Crippen LogP contribution in [-0.4, -0.2) is 22.4 Å². The van der Waals surface area contributed by atoms with Crippen molar-refractivity contribution in [1.82, 2.24) is 9.78 Å². The molecule has 0 radical (unpaired) electrons. The molecule has 4 nitrogen and oxygen atoms in total. The number of rotatable bonds is 4. The third kappa shape index (κ3) is 2.37. The molecule has 2 atom stereocenters. The first-order valence-electron chi connectivity index (χ1n) is 8.50. The molecule has 0 aliphatic heterocycles. The summed E-state index contributed by atoms with van der Waals surface area (Å²) >= 11 is 0. The molecule has 2 unspecified atom stereocenters. The number of aryl methyl sites for hydroxylation is 1. The summed E-state index contributed by atoms with van der Waals surface area (Å²) in [5.74, 6) is 0.802. The van der Waals surface area contributed by atoms with E-state index in [1.54, 1.807) is 0 Å². The Morgan fingerprint density at radius 3 is 2.74 bits per heavy atom. The van der Waals surface area contributed by atoms with Crippen LogP contribution >= 0.6 is 0 Å². The van der Waals surface area contributed by atoms with E-state index in [1.807, 2.05) is 6.92 Å². The first kappa shape index (κ1) is 14.5. The van der Waals surface area contributed by atoms with E-state index in [2.05, 4.69) is 41.0 Å². The molecular formula is C19H22N2O2. The molecule has 120 valence electrons. The van der Waals surface area contributed by atoms with Crippen molar-refractivity contribution in [1.29, 1.82) is 0 Å². The number of fused-ring (bicyclic) bond motifs is 5. The van der Waals surface area contributed by atoms with Gasteiger partial charge in [-0.2, -0.15) is 5.10 Å². The number of ether oxygens (including phenoxy) is 1. The Morgan fingerprint density at radius 1 is 1.26 bits per heavy atom. The standard InChI is InChI=1S/C19H22N2O2/c1-3-23-19(22)17-16-14-8-9-15(10-14)18(16)21(20-17)11-13-6-4-12(2)5-7-13/h4-7,14-15H,3,8-11H2,1-2H3. The van der Waals surface area contributed by atoms with Crippen molar-refractivity contribution in [3.63, 3.8) is 0 Å². The molecule has 1 aromatic carbocycles. The Kier molecular flexibility index (Phi) is 3.47. The lowest BCUT2D eigenvalue weighted by atomic mass is 9.95. The van der Waals surface area contributed by atoms with Gasteiger partial charge in [0.1, 0.15) is 0 Å². The molecule has 1 saturated carbocycles. The number of hydrogen-bond donors (Lipinski definition) is 0. The van der Waals surface area contributed by atoms with Gasteiger partial charge in [0.2, 0.25) is 0 Å². The van der Waals surface area contributed by atoms with E-state index in [-0.39, 0.29) is 5.97 Å². The number of carbonyl (C=O) groups is 1. The fourth-order valence-electron chi connectivity index (χ4n) is 4.15. The first-order valence-corrected chi connectivity index (χ1v) is 8.50. The minimum Gasteiger partial charge on any atom is -0.461 e. The Hall–Kier alpha value is -2.10. The van der Waals surface area contributed by atoms with Crippen LogP contribution in [0.25, 0.3) is 0 Å². The van der Waals surface area contributed by atoms with Gasteiger partial charge in [0, 0.05) is 17.2 Å². The summed E-state index contributed by atoms with van der Waals surface area (Å²) in [4.78, 5) is 12.3. The molecule has 23 heavy (non-hydrogen) atoms. The molecule has 2 aliphatic carbocycles. The zero-order valence-electron chi connectivity index (χ0n) is 13.7. The minimum atomic E-state index is -0.265. The number of benzene rings is 1. The molecule has 4 heteroatoms. The van der Waals surface area contributed by atoms with Crippen molar-refractivity contribution in [2.45, 2.75) is 51.5 Å². The first-order chi connectivity index (χ1) is 11.2. The van der Waals surface area contributed by atoms with Crippen molar-refractivity contribution in [2.24, 2.45) is 0 Å². The Bertz CT molecular complexity index is 745. The van der Waals surface area contributed by atoms with Gasteiger partial charge in [-0.3, -0.25) is 4.68 Å². The van der Waals surface area contributed by atoms with E-state index in [4.69, 9.17) is 4.74 Å². The number of nitrogens with zero attached hydrogens (tertiary/aromatic N) is 2. The number of aromatic nitrogens is 2. The third-order valence-electron chi connectivity index (χ3n) is 5.18. The Balaban J connectivity index is 1.73. The average molecular weight is 310 g/mol. The van der Waals surface area contributed by atoms with Gasteiger partial charge in [0.15, 0.2) is 5.69 Å². The lowest BCUT2D eigenvalue weighted by Gasteiger charge is -2.14. The predicted molar refractivity (Wildman–Crippen MR) is 87.8 cm³/mol. The van der Waals surface area contributed by atoms with Gasteiger partial charge < -0.3 is 4.74 Å². The van der Waals surface area contributed by atoms with E-state index < -0.39 is 0 Å². The third-order valence-corrected chi connectivity index (χ3v) is 5.18. The van der Waals surface area contributed by atoms with Crippen molar-refractivity contribution >= 4 is 5.97 Å². The molecule has 0 amide bonds. The fourth-order valence-corrected chi connectivity index (χ4v) is 4.15. The zero-order chi connectivity index (χ0) is 16.0. The molecule has 0 saturated heterocycles. The van der Waals surface area contributed by atoms with E-state index in [0.29, 0.717) is 24.1 Å². The molecule has 2 aromatic rings. The maximum atomic E-state index is 12.3. The highest BCUT2D eigenvalue weighted by atomic mass is 16.5. The van der Waals surface area contributed by atoms with Gasteiger partial charge in [0.25, 0.3) is 0 Å². The van der Waals surface area contributed by atoms with Crippen LogP contribution in [0.1, 0.15) is 70.9 Å². The van der Waals surface area contributed by atoms with Crippen LogP contribution in [0.2, 0.25) is 0 Å². The lowest BCUT2D eigenvalue weighted by molar-refractivity contribution is 0.0516. The van der Waals surface area contributed by atoms with Crippen LogP contribution in [0.5, 0.6) is 0 Å². The van der Waals surface area contributed by atoms with E-state index in [1.165, 1.54) is 41.6 Å². The molecule has 0 N–H and O–H groups in total. The van der Waals surface area contributed by atoms with Gasteiger partial charge in [-0.15, -0.1) is 0 Å². The summed E-state index contributed by atoms with van der Waals surface area (Å²) in [5.41, 5.74) is 5.49. The van der Waals surface area contributed by atoms with Gasteiger partial charge in [0.05, 0.1) is 13.2 Å². The zero-order valence-corrected chi connectivity index (χ0v) is 13.7. The quantitative estimate of drug-likeness (QED) is 0.807. The molecule has 4 rings (SSSR count). The fraction of sp³-hybridized carbons (Fsp3) is 0.474. The molecular weight excluding hydrogens is 288 g/mol. The SMILES string of the molecule is CCOC(=O)c1nn(Cc2ccc(C)cc2)c2c1C1CCC2C1. The summed E-state index contributed by atoms with van der Waals surface area (Å²) < 4.78 is 7.28. The molecule has 2 bridgehead atoms. The van der Waals surface area contributed by atoms with E-state index >= 15 is 0 Å². The number of esters is 1. The maximum Gasteiger partial charge on any atom is 0.359 e. The second-order valence-electron chi connectivity index (χ2n) is 6.72. The van der Waals surface area contributed by atoms with Crippen LogP contribution in [0.15, 0.2) is 24.3 Å². The van der Waals surface area contributed by atoms with Gasteiger partial charge in [-0.05, 0) is 44.6 Å². The number of carbonyl (C=O) groups excluding carboxylic acids is 1. The summed E-state index contributed by atoms with van der Waals surface area (Å²) in [5, 5.41) is 4.65. The Morgan fingerprint density at radius 2 is 2.00 bits per heavy atom. The Labute approximate surface area is 136 Å². The van der Waals surface area contributed by atoms with Crippen LogP contribution in [0.4, 0.5) is 0 Å². The van der Waals surface area contributed by atoms with E-state index in [9.17, 15) is 4.79 Å². The average Bonchev–Trinajstić information content (AvgIpc) is 3.22.